The third-order valence-electron chi connectivity index (χ3n) is 4.59. The van der Waals surface area contributed by atoms with Gasteiger partial charge in [-0.1, -0.05) is 32.0 Å². The molecule has 0 unspecified atom stereocenters. The molecule has 160 valence electrons. The summed E-state index contributed by atoms with van der Waals surface area (Å²) in [7, 11) is -3.69. The van der Waals surface area contributed by atoms with Gasteiger partial charge in [0.05, 0.1) is 15.5 Å². The van der Waals surface area contributed by atoms with Crippen LogP contribution in [0.3, 0.4) is 0 Å². The Morgan fingerprint density at radius 2 is 1.80 bits per heavy atom. The molecular formula is C20H24N4O5S. The summed E-state index contributed by atoms with van der Waals surface area (Å²) in [5.74, 6) is -0.590. The Morgan fingerprint density at radius 3 is 2.40 bits per heavy atom. The molecular weight excluding hydrogens is 408 g/mol. The third-order valence-corrected chi connectivity index (χ3v) is 6.63. The van der Waals surface area contributed by atoms with Gasteiger partial charge in [0.15, 0.2) is 0 Å². The topological polar surface area (TPSA) is 122 Å². The van der Waals surface area contributed by atoms with Crippen molar-refractivity contribution in [2.24, 2.45) is 5.10 Å². The minimum atomic E-state index is -3.69. The lowest BCUT2D eigenvalue weighted by molar-refractivity contribution is -0.385. The van der Waals surface area contributed by atoms with E-state index in [-0.39, 0.29) is 16.1 Å². The van der Waals surface area contributed by atoms with Crippen LogP contribution in [0.4, 0.5) is 5.69 Å². The van der Waals surface area contributed by atoms with Crippen molar-refractivity contribution in [2.45, 2.75) is 32.6 Å². The average Bonchev–Trinajstić information content (AvgIpc) is 2.72. The zero-order valence-corrected chi connectivity index (χ0v) is 18.1. The van der Waals surface area contributed by atoms with E-state index in [0.29, 0.717) is 29.9 Å². The zero-order chi connectivity index (χ0) is 22.5. The monoisotopic (exact) mass is 432 g/mol. The highest BCUT2D eigenvalue weighted by molar-refractivity contribution is 7.89. The number of sulfonamides is 1. The van der Waals surface area contributed by atoms with E-state index in [1.54, 1.807) is 39.8 Å². The van der Waals surface area contributed by atoms with Crippen LogP contribution in [0, 0.1) is 17.0 Å². The number of rotatable bonds is 8. The van der Waals surface area contributed by atoms with Crippen molar-refractivity contribution in [3.05, 3.63) is 69.3 Å². The highest BCUT2D eigenvalue weighted by Gasteiger charge is 2.22. The van der Waals surface area contributed by atoms with Gasteiger partial charge in [-0.15, -0.1) is 0 Å². The van der Waals surface area contributed by atoms with E-state index in [1.807, 2.05) is 0 Å². The molecule has 0 spiro atoms. The maximum Gasteiger partial charge on any atom is 0.272 e. The van der Waals surface area contributed by atoms with Crippen molar-refractivity contribution < 1.29 is 18.1 Å². The summed E-state index contributed by atoms with van der Waals surface area (Å²) in [6, 6.07) is 10.4. The molecule has 0 aliphatic carbocycles. The molecule has 30 heavy (non-hydrogen) atoms. The summed E-state index contributed by atoms with van der Waals surface area (Å²) in [6.07, 6.45) is 0. The van der Waals surface area contributed by atoms with Crippen molar-refractivity contribution in [2.75, 3.05) is 13.1 Å². The van der Waals surface area contributed by atoms with Crippen LogP contribution in [0.1, 0.15) is 42.3 Å². The Labute approximate surface area is 175 Å². The predicted octanol–water partition coefficient (Wildman–Crippen LogP) is 3.09. The van der Waals surface area contributed by atoms with Gasteiger partial charge in [0.1, 0.15) is 0 Å². The summed E-state index contributed by atoms with van der Waals surface area (Å²) >= 11 is 0. The molecule has 2 aromatic rings. The molecule has 0 heterocycles. The van der Waals surface area contributed by atoms with Crippen LogP contribution in [-0.4, -0.2) is 42.4 Å². The second-order valence-electron chi connectivity index (χ2n) is 6.51. The first-order valence-corrected chi connectivity index (χ1v) is 10.8. The van der Waals surface area contributed by atoms with Crippen LogP contribution >= 0.6 is 0 Å². The molecule has 0 saturated carbocycles. The van der Waals surface area contributed by atoms with Crippen LogP contribution in [0.25, 0.3) is 0 Å². The van der Waals surface area contributed by atoms with Gasteiger partial charge in [-0.25, -0.2) is 13.8 Å². The molecule has 0 atom stereocenters. The SMILES string of the molecule is CCN(CC)S(=O)(=O)c1cccc(C(=O)N/N=C(/C)c2ccc(C)c([N+](=O)[O-])c2)c1. The molecule has 10 heteroatoms. The number of nitrogens with zero attached hydrogens (tertiary/aromatic N) is 3. The van der Waals surface area contributed by atoms with E-state index >= 15 is 0 Å². The molecule has 0 aromatic heterocycles. The Kier molecular flexibility index (Phi) is 7.41. The first-order valence-electron chi connectivity index (χ1n) is 9.32. The fourth-order valence-corrected chi connectivity index (χ4v) is 4.31. The van der Waals surface area contributed by atoms with Crippen LogP contribution in [0.15, 0.2) is 52.5 Å². The number of nitro groups is 1. The maximum absolute atomic E-state index is 12.6. The van der Waals surface area contributed by atoms with Gasteiger partial charge in [-0.2, -0.15) is 9.41 Å². The number of nitrogens with one attached hydrogen (secondary N) is 1. The second kappa shape index (κ2) is 9.59. The highest BCUT2D eigenvalue weighted by Crippen LogP contribution is 2.20. The molecule has 1 amide bonds. The Bertz CT molecular complexity index is 1090. The van der Waals surface area contributed by atoms with E-state index < -0.39 is 20.9 Å². The predicted molar refractivity (Wildman–Crippen MR) is 114 cm³/mol. The van der Waals surface area contributed by atoms with Gasteiger partial charge in [0, 0.05) is 35.8 Å². The molecule has 0 bridgehead atoms. The summed E-state index contributed by atoms with van der Waals surface area (Å²) in [5.41, 5.74) is 3.85. The van der Waals surface area contributed by atoms with Gasteiger partial charge in [0.25, 0.3) is 11.6 Å². The fourth-order valence-electron chi connectivity index (χ4n) is 2.81. The number of amides is 1. The molecule has 2 aromatic carbocycles. The van der Waals surface area contributed by atoms with Crippen molar-refractivity contribution >= 4 is 27.3 Å². The number of carbonyl (C=O) groups excluding carboxylic acids is 1. The van der Waals surface area contributed by atoms with Gasteiger partial charge in [0.2, 0.25) is 10.0 Å². The van der Waals surface area contributed by atoms with Gasteiger partial charge in [-0.3, -0.25) is 14.9 Å². The molecule has 9 nitrogen and oxygen atoms in total. The largest absolute Gasteiger partial charge is 0.272 e. The van der Waals surface area contributed by atoms with Crippen LogP contribution in [-0.2, 0) is 10.0 Å². The standard InChI is InChI=1S/C20H24N4O5S/c1-5-23(6-2)30(28,29)18-9-7-8-17(12-18)20(25)22-21-15(4)16-11-10-14(3)19(13-16)24(26)27/h7-13H,5-6H2,1-4H3,(H,22,25)/b21-15-. The van der Waals surface area contributed by atoms with E-state index in [1.165, 1.54) is 34.6 Å². The van der Waals surface area contributed by atoms with Crippen molar-refractivity contribution in [3.8, 4) is 0 Å². The number of hydrazone groups is 1. The summed E-state index contributed by atoms with van der Waals surface area (Å²) < 4.78 is 26.6. The summed E-state index contributed by atoms with van der Waals surface area (Å²) in [6.45, 7) is 7.36. The highest BCUT2D eigenvalue weighted by atomic mass is 32.2. The number of carbonyl (C=O) groups is 1. The minimum absolute atomic E-state index is 0.0220. The second-order valence-corrected chi connectivity index (χ2v) is 8.45. The Morgan fingerprint density at radius 1 is 1.13 bits per heavy atom. The number of hydrogen-bond acceptors (Lipinski definition) is 6. The minimum Gasteiger partial charge on any atom is -0.267 e. The zero-order valence-electron chi connectivity index (χ0n) is 17.2. The number of aryl methyl sites for hydroxylation is 1. The van der Waals surface area contributed by atoms with E-state index in [9.17, 15) is 23.3 Å². The fraction of sp³-hybridized carbons (Fsp3) is 0.300. The molecule has 1 N–H and O–H groups in total. The van der Waals surface area contributed by atoms with Crippen molar-refractivity contribution in [1.82, 2.24) is 9.73 Å². The van der Waals surface area contributed by atoms with Crippen molar-refractivity contribution in [3.63, 3.8) is 0 Å². The lowest BCUT2D eigenvalue weighted by Gasteiger charge is -2.18. The molecule has 0 aliphatic rings. The Hall–Kier alpha value is -3.11. The molecule has 0 saturated heterocycles. The van der Waals surface area contributed by atoms with Crippen molar-refractivity contribution in [1.29, 1.82) is 0 Å². The number of nitro benzene ring substituents is 1. The summed E-state index contributed by atoms with van der Waals surface area (Å²) in [4.78, 5) is 23.1. The molecule has 0 radical (unpaired) electrons. The van der Waals surface area contributed by atoms with Crippen LogP contribution in [0.2, 0.25) is 0 Å². The van der Waals surface area contributed by atoms with E-state index in [4.69, 9.17) is 0 Å². The number of hydrogen-bond donors (Lipinski definition) is 1. The molecule has 2 rings (SSSR count). The van der Waals surface area contributed by atoms with Crippen LogP contribution in [0.5, 0.6) is 0 Å². The quantitative estimate of drug-likeness (QED) is 0.390. The lowest BCUT2D eigenvalue weighted by Crippen LogP contribution is -2.30. The normalized spacial score (nSPS) is 12.1. The van der Waals surface area contributed by atoms with Crippen LogP contribution < -0.4 is 5.43 Å². The molecule has 0 aliphatic heterocycles. The lowest BCUT2D eigenvalue weighted by atomic mass is 10.1. The smallest absolute Gasteiger partial charge is 0.267 e. The van der Waals surface area contributed by atoms with Gasteiger partial charge in [-0.05, 0) is 32.0 Å². The molecule has 0 fully saturated rings. The third kappa shape index (κ3) is 5.08. The summed E-state index contributed by atoms with van der Waals surface area (Å²) in [5, 5.41) is 15.1. The maximum atomic E-state index is 12.6. The van der Waals surface area contributed by atoms with E-state index in [0.717, 1.165) is 0 Å². The van der Waals surface area contributed by atoms with Gasteiger partial charge < -0.3 is 0 Å². The Balaban J connectivity index is 2.25. The first kappa shape index (κ1) is 23.2. The van der Waals surface area contributed by atoms with E-state index in [2.05, 4.69) is 10.5 Å². The van der Waals surface area contributed by atoms with Gasteiger partial charge >= 0.3 is 0 Å². The average molecular weight is 433 g/mol. The number of benzene rings is 2. The first-order chi connectivity index (χ1) is 14.1.